The van der Waals surface area contributed by atoms with Crippen LogP contribution in [0.3, 0.4) is 0 Å². The molecule has 3 aromatic heterocycles. The van der Waals surface area contributed by atoms with Gasteiger partial charge in [-0.2, -0.15) is 0 Å². The van der Waals surface area contributed by atoms with Gasteiger partial charge in [-0.3, -0.25) is 14.2 Å². The highest BCUT2D eigenvalue weighted by atomic mass is 32.1. The molecule has 1 amide bonds. The molecule has 1 aliphatic heterocycles. The number of nitrogens with zero attached hydrogens (tertiary/aromatic N) is 4. The number of nitrogens with one attached hydrogen (secondary N) is 1. The number of rotatable bonds is 3. The third kappa shape index (κ3) is 2.87. The van der Waals surface area contributed by atoms with Gasteiger partial charge in [-0.1, -0.05) is 30.3 Å². The van der Waals surface area contributed by atoms with E-state index in [1.165, 1.54) is 11.3 Å². The number of thiazole rings is 1. The molecule has 0 aliphatic carbocycles. The molecule has 32 heavy (non-hydrogen) atoms. The summed E-state index contributed by atoms with van der Waals surface area (Å²) >= 11 is 1.44. The maximum Gasteiger partial charge on any atom is 0.261 e. The number of aryl methyl sites for hydroxylation is 2. The van der Waals surface area contributed by atoms with Gasteiger partial charge in [0.25, 0.3) is 5.56 Å². The lowest BCUT2D eigenvalue weighted by Crippen LogP contribution is -2.29. The van der Waals surface area contributed by atoms with Crippen molar-refractivity contribution in [1.82, 2.24) is 19.1 Å². The first-order chi connectivity index (χ1) is 15.6. The van der Waals surface area contributed by atoms with E-state index in [1.54, 1.807) is 10.8 Å². The van der Waals surface area contributed by atoms with Gasteiger partial charge in [0.15, 0.2) is 11.0 Å². The summed E-state index contributed by atoms with van der Waals surface area (Å²) in [5, 5.41) is 5.18. The van der Waals surface area contributed by atoms with Crippen molar-refractivity contribution in [2.75, 3.05) is 5.32 Å². The number of carbonyl (C=O) groups is 1. The van der Waals surface area contributed by atoms with Crippen LogP contribution in [-0.2, 0) is 24.3 Å². The molecule has 158 valence electrons. The molecule has 6 rings (SSSR count). The average Bonchev–Trinajstić information content (AvgIpc) is 3.35. The van der Waals surface area contributed by atoms with Crippen LogP contribution >= 0.6 is 11.3 Å². The molecule has 0 atom stereocenters. The summed E-state index contributed by atoms with van der Waals surface area (Å²) in [5.74, 6) is 0.451. The van der Waals surface area contributed by atoms with Crippen LogP contribution < -0.4 is 10.9 Å². The molecule has 0 unspecified atom stereocenters. The van der Waals surface area contributed by atoms with Gasteiger partial charge in [0.2, 0.25) is 5.91 Å². The molecule has 0 fully saturated rings. The van der Waals surface area contributed by atoms with E-state index in [1.807, 2.05) is 54.0 Å². The van der Waals surface area contributed by atoms with Crippen LogP contribution in [0.25, 0.3) is 33.3 Å². The normalized spacial score (nSPS) is 12.7. The van der Waals surface area contributed by atoms with E-state index in [2.05, 4.69) is 16.4 Å². The highest BCUT2D eigenvalue weighted by Gasteiger charge is 2.28. The van der Waals surface area contributed by atoms with E-state index >= 15 is 0 Å². The Bertz CT molecular complexity index is 1590. The molecule has 0 saturated carbocycles. The summed E-state index contributed by atoms with van der Waals surface area (Å²) in [6.45, 7) is 2.63. The number of hydrogen-bond donors (Lipinski definition) is 1. The lowest BCUT2D eigenvalue weighted by molar-refractivity contribution is -0.116. The smallest absolute Gasteiger partial charge is 0.261 e. The Balaban J connectivity index is 1.54. The van der Waals surface area contributed by atoms with Crippen molar-refractivity contribution in [3.8, 4) is 11.5 Å². The molecule has 1 aliphatic rings. The molecule has 7 nitrogen and oxygen atoms in total. The quantitative estimate of drug-likeness (QED) is 0.459. The maximum atomic E-state index is 13.2. The lowest BCUT2D eigenvalue weighted by Gasteiger charge is -2.21. The van der Waals surface area contributed by atoms with E-state index in [4.69, 9.17) is 4.98 Å². The summed E-state index contributed by atoms with van der Waals surface area (Å²) in [6, 6.07) is 15.5. The number of hydrogen-bond acceptors (Lipinski definition) is 5. The van der Waals surface area contributed by atoms with E-state index in [-0.39, 0.29) is 18.0 Å². The van der Waals surface area contributed by atoms with Gasteiger partial charge in [0, 0.05) is 28.5 Å². The van der Waals surface area contributed by atoms with Crippen LogP contribution in [0.4, 0.5) is 5.13 Å². The molecule has 0 bridgehead atoms. The second-order valence-electron chi connectivity index (χ2n) is 7.91. The third-order valence-corrected chi connectivity index (χ3v) is 6.73. The largest absolute Gasteiger partial charge is 0.328 e. The van der Waals surface area contributed by atoms with Gasteiger partial charge in [-0.05, 0) is 37.1 Å². The molecule has 8 heteroatoms. The fraction of sp³-hybridized carbons (Fsp3) is 0.167. The van der Waals surface area contributed by atoms with Crippen molar-refractivity contribution >= 4 is 44.2 Å². The Hall–Kier alpha value is -3.78. The minimum absolute atomic E-state index is 0.0456. The number of aromatic nitrogens is 4. The SMILES string of the molecule is Cc1cnc(NC(=O)Cn2c3c(c4ccccc42)CCn2c-3nc3ccccc3c2=O)s1. The average molecular weight is 442 g/mol. The molecule has 0 radical (unpaired) electrons. The van der Waals surface area contributed by atoms with Crippen LogP contribution in [0.2, 0.25) is 0 Å². The van der Waals surface area contributed by atoms with E-state index in [0.29, 0.717) is 34.8 Å². The van der Waals surface area contributed by atoms with Crippen molar-refractivity contribution in [3.63, 3.8) is 0 Å². The van der Waals surface area contributed by atoms with Crippen molar-refractivity contribution < 1.29 is 4.79 Å². The third-order valence-electron chi connectivity index (χ3n) is 5.90. The van der Waals surface area contributed by atoms with Gasteiger partial charge in [0.05, 0.1) is 16.6 Å². The molecular formula is C24H19N5O2S. The van der Waals surface area contributed by atoms with E-state index in [9.17, 15) is 9.59 Å². The Kier molecular flexibility index (Phi) is 4.22. The van der Waals surface area contributed by atoms with Gasteiger partial charge < -0.3 is 9.88 Å². The summed E-state index contributed by atoms with van der Waals surface area (Å²) < 4.78 is 3.72. The highest BCUT2D eigenvalue weighted by Crippen LogP contribution is 2.36. The summed E-state index contributed by atoms with van der Waals surface area (Å²) in [5.41, 5.74) is 3.54. The second-order valence-corrected chi connectivity index (χ2v) is 9.15. The van der Waals surface area contributed by atoms with Crippen molar-refractivity contribution in [1.29, 1.82) is 0 Å². The molecule has 2 aromatic carbocycles. The zero-order chi connectivity index (χ0) is 21.8. The number of carbonyl (C=O) groups excluding carboxylic acids is 1. The molecule has 4 heterocycles. The minimum atomic E-state index is -0.164. The predicted molar refractivity (Wildman–Crippen MR) is 126 cm³/mol. The fourth-order valence-corrected chi connectivity index (χ4v) is 5.22. The van der Waals surface area contributed by atoms with E-state index < -0.39 is 0 Å². The Morgan fingerprint density at radius 3 is 2.72 bits per heavy atom. The number of benzene rings is 2. The first-order valence-electron chi connectivity index (χ1n) is 10.4. The predicted octanol–water partition coefficient (Wildman–Crippen LogP) is 3.98. The van der Waals surface area contributed by atoms with Crippen LogP contribution in [0.15, 0.2) is 59.5 Å². The molecule has 0 saturated heterocycles. The summed E-state index contributed by atoms with van der Waals surface area (Å²) in [6.07, 6.45) is 2.45. The van der Waals surface area contributed by atoms with Crippen LogP contribution in [0.5, 0.6) is 0 Å². The zero-order valence-electron chi connectivity index (χ0n) is 17.3. The standard InChI is InChI=1S/C24H19N5O2S/c1-14-12-25-24(32-14)27-20(30)13-29-19-9-5-3-6-15(19)16-10-11-28-22(21(16)29)26-18-8-4-2-7-17(18)23(28)31/h2-9,12H,10-11,13H2,1H3,(H,25,27,30). The Morgan fingerprint density at radius 1 is 1.12 bits per heavy atom. The molecule has 1 N–H and O–H groups in total. The monoisotopic (exact) mass is 441 g/mol. The summed E-state index contributed by atoms with van der Waals surface area (Å²) in [4.78, 5) is 36.3. The first-order valence-corrected chi connectivity index (χ1v) is 11.2. The fourth-order valence-electron chi connectivity index (χ4n) is 4.54. The molecule has 5 aromatic rings. The van der Waals surface area contributed by atoms with Crippen molar-refractivity contribution in [2.24, 2.45) is 0 Å². The lowest BCUT2D eigenvalue weighted by atomic mass is 10.0. The Labute approximate surface area is 187 Å². The number of fused-ring (bicyclic) bond motifs is 6. The number of para-hydroxylation sites is 2. The molecular weight excluding hydrogens is 422 g/mol. The topological polar surface area (TPSA) is 81.8 Å². The highest BCUT2D eigenvalue weighted by molar-refractivity contribution is 7.15. The first kappa shape index (κ1) is 18.9. The van der Waals surface area contributed by atoms with Gasteiger partial charge in [-0.15, -0.1) is 11.3 Å². The van der Waals surface area contributed by atoms with E-state index in [0.717, 1.165) is 27.0 Å². The van der Waals surface area contributed by atoms with Gasteiger partial charge in [-0.25, -0.2) is 9.97 Å². The van der Waals surface area contributed by atoms with Gasteiger partial charge >= 0.3 is 0 Å². The summed E-state index contributed by atoms with van der Waals surface area (Å²) in [7, 11) is 0. The van der Waals surface area contributed by atoms with Crippen molar-refractivity contribution in [3.05, 3.63) is 75.5 Å². The maximum absolute atomic E-state index is 13.2. The second kappa shape index (κ2) is 7.13. The zero-order valence-corrected chi connectivity index (χ0v) is 18.1. The van der Waals surface area contributed by atoms with Crippen LogP contribution in [0, 0.1) is 6.92 Å². The van der Waals surface area contributed by atoms with Crippen molar-refractivity contribution in [2.45, 2.75) is 26.4 Å². The van der Waals surface area contributed by atoms with Crippen LogP contribution in [-0.4, -0.2) is 25.0 Å². The molecule has 0 spiro atoms. The number of amides is 1. The number of anilines is 1. The minimum Gasteiger partial charge on any atom is -0.328 e. The van der Waals surface area contributed by atoms with Gasteiger partial charge in [0.1, 0.15) is 6.54 Å². The Morgan fingerprint density at radius 2 is 1.91 bits per heavy atom. The van der Waals surface area contributed by atoms with Crippen LogP contribution in [0.1, 0.15) is 10.4 Å².